The van der Waals surface area contributed by atoms with Crippen LogP contribution >= 0.6 is 0 Å². The van der Waals surface area contributed by atoms with Crippen molar-refractivity contribution < 1.29 is 14.3 Å². The monoisotopic (exact) mass is 361 g/mol. The van der Waals surface area contributed by atoms with Crippen LogP contribution in [0.25, 0.3) is 0 Å². The number of methoxy groups -OCH3 is 1. The summed E-state index contributed by atoms with van der Waals surface area (Å²) >= 11 is 0. The van der Waals surface area contributed by atoms with Crippen LogP contribution in [0.5, 0.6) is 5.75 Å². The van der Waals surface area contributed by atoms with Crippen LogP contribution in [-0.2, 0) is 4.79 Å². The van der Waals surface area contributed by atoms with Crippen molar-refractivity contribution in [3.63, 3.8) is 0 Å². The predicted molar refractivity (Wildman–Crippen MR) is 102 cm³/mol. The molecule has 1 aromatic carbocycles. The fourth-order valence-electron chi connectivity index (χ4n) is 3.39. The predicted octanol–water partition coefficient (Wildman–Crippen LogP) is 3.14. The van der Waals surface area contributed by atoms with Crippen LogP contribution in [-0.4, -0.2) is 32.1 Å². The second-order valence-corrected chi connectivity index (χ2v) is 6.84. The zero-order chi connectivity index (χ0) is 18.8. The lowest BCUT2D eigenvalue weighted by Crippen LogP contribution is -2.41. The van der Waals surface area contributed by atoms with E-state index in [9.17, 15) is 9.59 Å². The maximum Gasteiger partial charge on any atom is 0.315 e. The first-order valence-electron chi connectivity index (χ1n) is 9.57. The number of hydrogen-bond donors (Lipinski definition) is 3. The molecule has 144 valence electrons. The van der Waals surface area contributed by atoms with E-state index in [-0.39, 0.29) is 18.0 Å². The molecule has 1 aliphatic carbocycles. The Morgan fingerprint density at radius 3 is 2.38 bits per heavy atom. The molecule has 0 heterocycles. The molecule has 0 aromatic heterocycles. The molecule has 0 bridgehead atoms. The number of ether oxygens (including phenoxy) is 1. The Bertz CT molecular complexity index is 568. The van der Waals surface area contributed by atoms with Crippen molar-refractivity contribution in [3.8, 4) is 5.75 Å². The van der Waals surface area contributed by atoms with E-state index in [2.05, 4.69) is 16.0 Å². The maximum atomic E-state index is 12.1. The summed E-state index contributed by atoms with van der Waals surface area (Å²) in [6.45, 7) is 2.90. The quantitative estimate of drug-likeness (QED) is 0.591. The lowest BCUT2D eigenvalue weighted by atomic mass is 10.0. The number of amides is 3. The average Bonchev–Trinajstić information content (AvgIpc) is 3.16. The van der Waals surface area contributed by atoms with Crippen molar-refractivity contribution in [3.05, 3.63) is 29.8 Å². The Labute approximate surface area is 156 Å². The van der Waals surface area contributed by atoms with Gasteiger partial charge in [0.2, 0.25) is 5.91 Å². The van der Waals surface area contributed by atoms with Gasteiger partial charge in [-0.05, 0) is 42.9 Å². The lowest BCUT2D eigenvalue weighted by molar-refractivity contribution is -0.121. The van der Waals surface area contributed by atoms with Crippen molar-refractivity contribution in [2.45, 2.75) is 51.5 Å². The van der Waals surface area contributed by atoms with Gasteiger partial charge in [0.05, 0.1) is 13.2 Å². The first-order valence-corrected chi connectivity index (χ1v) is 9.57. The molecule has 3 N–H and O–H groups in total. The summed E-state index contributed by atoms with van der Waals surface area (Å²) < 4.78 is 5.16. The largest absolute Gasteiger partial charge is 0.497 e. The summed E-state index contributed by atoms with van der Waals surface area (Å²) in [5.74, 6) is 1.42. The van der Waals surface area contributed by atoms with Gasteiger partial charge in [-0.2, -0.15) is 0 Å². The number of benzene rings is 1. The van der Waals surface area contributed by atoms with E-state index >= 15 is 0 Å². The summed E-state index contributed by atoms with van der Waals surface area (Å²) in [4.78, 5) is 23.9. The minimum Gasteiger partial charge on any atom is -0.497 e. The van der Waals surface area contributed by atoms with E-state index < -0.39 is 0 Å². The molecular weight excluding hydrogens is 330 g/mol. The van der Waals surface area contributed by atoms with E-state index in [0.29, 0.717) is 25.4 Å². The normalized spacial score (nSPS) is 15.3. The fraction of sp³-hybridized carbons (Fsp3) is 0.600. The second-order valence-electron chi connectivity index (χ2n) is 6.84. The Hall–Kier alpha value is -2.24. The minimum absolute atomic E-state index is 0.0575. The van der Waals surface area contributed by atoms with Crippen LogP contribution in [0.4, 0.5) is 4.79 Å². The van der Waals surface area contributed by atoms with Crippen molar-refractivity contribution in [1.82, 2.24) is 16.0 Å². The van der Waals surface area contributed by atoms with Gasteiger partial charge in [0.1, 0.15) is 5.75 Å². The van der Waals surface area contributed by atoms with Gasteiger partial charge in [-0.25, -0.2) is 4.79 Å². The van der Waals surface area contributed by atoms with Gasteiger partial charge in [0, 0.05) is 19.5 Å². The number of carbonyl (C=O) groups is 2. The summed E-state index contributed by atoms with van der Waals surface area (Å²) in [7, 11) is 1.63. The molecular formula is C20H31N3O3. The highest BCUT2D eigenvalue weighted by Gasteiger charge is 2.18. The summed E-state index contributed by atoms with van der Waals surface area (Å²) in [5, 5.41) is 8.64. The molecule has 3 amide bonds. The Balaban J connectivity index is 1.65. The molecule has 0 radical (unpaired) electrons. The van der Waals surface area contributed by atoms with Gasteiger partial charge in [0.25, 0.3) is 0 Å². The van der Waals surface area contributed by atoms with Crippen LogP contribution in [0.2, 0.25) is 0 Å². The molecule has 1 saturated carbocycles. The van der Waals surface area contributed by atoms with Crippen molar-refractivity contribution in [1.29, 1.82) is 0 Å². The van der Waals surface area contributed by atoms with Crippen LogP contribution in [0.15, 0.2) is 24.3 Å². The Morgan fingerprint density at radius 1 is 1.12 bits per heavy atom. The topological polar surface area (TPSA) is 79.5 Å². The summed E-state index contributed by atoms with van der Waals surface area (Å²) in [6.07, 6.45) is 6.22. The van der Waals surface area contributed by atoms with E-state index in [0.717, 1.165) is 30.6 Å². The van der Waals surface area contributed by atoms with Gasteiger partial charge in [-0.3, -0.25) is 4.79 Å². The Kier molecular flexibility index (Phi) is 8.25. The number of hydrogen-bond acceptors (Lipinski definition) is 3. The first-order chi connectivity index (χ1) is 12.6. The zero-order valence-electron chi connectivity index (χ0n) is 15.8. The molecule has 1 fully saturated rings. The van der Waals surface area contributed by atoms with Gasteiger partial charge in [-0.1, -0.05) is 31.9 Å². The molecule has 6 nitrogen and oxygen atoms in total. The number of carbonyl (C=O) groups excluding carboxylic acids is 2. The summed E-state index contributed by atoms with van der Waals surface area (Å²) in [5.41, 5.74) is 1.04. The molecule has 0 spiro atoms. The molecule has 26 heavy (non-hydrogen) atoms. The molecule has 1 aliphatic rings. The minimum atomic E-state index is -0.224. The summed E-state index contributed by atoms with van der Waals surface area (Å²) in [6, 6.07) is 7.40. The van der Waals surface area contributed by atoms with E-state index in [1.54, 1.807) is 7.11 Å². The van der Waals surface area contributed by atoms with E-state index in [4.69, 9.17) is 4.74 Å². The van der Waals surface area contributed by atoms with Crippen molar-refractivity contribution in [2.24, 2.45) is 5.92 Å². The standard InChI is InChI=1S/C20H31N3O3/c1-3-18(16-8-10-17(26-2)11-9-16)23-20(25)22-13-12-21-19(24)14-15-6-4-5-7-15/h8-11,15,18H,3-7,12-14H2,1-2H3,(H,21,24)(H2,22,23,25). The number of urea groups is 1. The number of nitrogens with one attached hydrogen (secondary N) is 3. The highest BCUT2D eigenvalue weighted by atomic mass is 16.5. The maximum absolute atomic E-state index is 12.1. The molecule has 1 aromatic rings. The average molecular weight is 361 g/mol. The molecule has 0 aliphatic heterocycles. The highest BCUT2D eigenvalue weighted by Crippen LogP contribution is 2.27. The SMILES string of the molecule is CCC(NC(=O)NCCNC(=O)CC1CCCC1)c1ccc(OC)cc1. The fourth-order valence-corrected chi connectivity index (χ4v) is 3.39. The van der Waals surface area contributed by atoms with Gasteiger partial charge in [-0.15, -0.1) is 0 Å². The van der Waals surface area contributed by atoms with Crippen LogP contribution in [0.1, 0.15) is 57.1 Å². The van der Waals surface area contributed by atoms with Crippen molar-refractivity contribution in [2.75, 3.05) is 20.2 Å². The van der Waals surface area contributed by atoms with Crippen LogP contribution < -0.4 is 20.7 Å². The second kappa shape index (κ2) is 10.7. The number of rotatable bonds is 9. The molecule has 2 rings (SSSR count). The Morgan fingerprint density at radius 2 is 1.77 bits per heavy atom. The smallest absolute Gasteiger partial charge is 0.315 e. The molecule has 6 heteroatoms. The lowest BCUT2D eigenvalue weighted by Gasteiger charge is -2.18. The zero-order valence-corrected chi connectivity index (χ0v) is 15.8. The third-order valence-electron chi connectivity index (χ3n) is 4.91. The van der Waals surface area contributed by atoms with Crippen molar-refractivity contribution >= 4 is 11.9 Å². The van der Waals surface area contributed by atoms with Gasteiger partial charge >= 0.3 is 6.03 Å². The third kappa shape index (κ3) is 6.58. The van der Waals surface area contributed by atoms with Crippen LogP contribution in [0.3, 0.4) is 0 Å². The first kappa shape index (κ1) is 20.1. The highest BCUT2D eigenvalue weighted by molar-refractivity contribution is 5.76. The van der Waals surface area contributed by atoms with Gasteiger partial charge < -0.3 is 20.7 Å². The third-order valence-corrected chi connectivity index (χ3v) is 4.91. The molecule has 0 saturated heterocycles. The molecule has 1 unspecified atom stereocenters. The van der Waals surface area contributed by atoms with Crippen LogP contribution in [0, 0.1) is 5.92 Å². The van der Waals surface area contributed by atoms with E-state index in [1.807, 2.05) is 31.2 Å². The van der Waals surface area contributed by atoms with E-state index in [1.165, 1.54) is 12.8 Å². The van der Waals surface area contributed by atoms with Gasteiger partial charge in [0.15, 0.2) is 0 Å². The molecule has 1 atom stereocenters.